The van der Waals surface area contributed by atoms with Crippen molar-refractivity contribution in [2.75, 3.05) is 0 Å². The minimum Gasteiger partial charge on any atom is -0.292 e. The Labute approximate surface area is 800 Å². The molecule has 9 heterocycles. The first kappa shape index (κ1) is 82.0. The predicted octanol–water partition coefficient (Wildman–Crippen LogP) is 31.9. The number of para-hydroxylation sites is 6. The number of aromatic nitrogens is 12. The molecule has 0 aliphatic carbocycles. The van der Waals surface area contributed by atoms with E-state index in [4.69, 9.17) is 39.9 Å². The predicted molar refractivity (Wildman–Crippen MR) is 572 cm³/mol. The van der Waals surface area contributed by atoms with E-state index >= 15 is 0 Å². The number of pyridine rings is 6. The van der Waals surface area contributed by atoms with Crippen LogP contribution in [0, 0.1) is 0 Å². The first-order valence-corrected chi connectivity index (χ1v) is 46.7. The van der Waals surface area contributed by atoms with Crippen LogP contribution in [0.1, 0.15) is 0 Å². The highest BCUT2D eigenvalue weighted by molar-refractivity contribution is 6.23. The highest BCUT2D eigenvalue weighted by atomic mass is 15.1. The van der Waals surface area contributed by atoms with Crippen LogP contribution in [-0.2, 0) is 0 Å². The molecule has 650 valence electrons. The Morgan fingerprint density at radius 2 is 0.432 bits per heavy atom. The molecule has 18 aromatic carbocycles. The summed E-state index contributed by atoms with van der Waals surface area (Å²) < 4.78 is 6.78. The lowest BCUT2D eigenvalue weighted by atomic mass is 9.97. The third-order valence-corrected chi connectivity index (χ3v) is 26.3. The second-order valence-corrected chi connectivity index (χ2v) is 34.6. The molecule has 0 amide bonds. The van der Waals surface area contributed by atoms with Gasteiger partial charge in [-0.05, 0) is 142 Å². The van der Waals surface area contributed by atoms with Crippen molar-refractivity contribution in [1.29, 1.82) is 0 Å². The molecule has 0 spiro atoms. The van der Waals surface area contributed by atoms with E-state index in [-0.39, 0.29) is 0 Å². The van der Waals surface area contributed by atoms with Crippen molar-refractivity contribution in [3.8, 4) is 141 Å². The molecule has 0 saturated heterocycles. The molecule has 27 aromatic rings. The molecule has 0 N–H and O–H groups in total. The van der Waals surface area contributed by atoms with E-state index in [2.05, 4.69) is 431 Å². The summed E-state index contributed by atoms with van der Waals surface area (Å²) in [7, 11) is 0. The average molecular weight is 1780 g/mol. The van der Waals surface area contributed by atoms with Gasteiger partial charge in [0, 0.05) is 117 Å². The van der Waals surface area contributed by atoms with E-state index in [1.54, 1.807) is 0 Å². The van der Waals surface area contributed by atoms with E-state index in [1.165, 1.54) is 10.8 Å². The van der Waals surface area contributed by atoms with Crippen molar-refractivity contribution in [3.05, 3.63) is 498 Å². The lowest BCUT2D eigenvalue weighted by Crippen LogP contribution is -1.97. The maximum atomic E-state index is 5.42. The minimum atomic E-state index is 0.899. The summed E-state index contributed by atoms with van der Waals surface area (Å²) in [6.07, 6.45) is 1.83. The van der Waals surface area contributed by atoms with Gasteiger partial charge in [-0.2, -0.15) is 0 Å². The molecular weight excluding hydrogens is 1690 g/mol. The Balaban J connectivity index is 0.000000111. The lowest BCUT2D eigenvalue weighted by Gasteiger charge is -2.13. The Morgan fingerprint density at radius 3 is 0.784 bits per heavy atom. The molecular formula is C127H82N12. The van der Waals surface area contributed by atoms with E-state index in [0.29, 0.717) is 0 Å². The van der Waals surface area contributed by atoms with Gasteiger partial charge in [-0.3, -0.25) is 18.7 Å². The van der Waals surface area contributed by atoms with Crippen LogP contribution in [0.5, 0.6) is 0 Å². The zero-order valence-corrected chi connectivity index (χ0v) is 75.2. The van der Waals surface area contributed by atoms with Gasteiger partial charge in [-0.15, -0.1) is 0 Å². The Kier molecular flexibility index (Phi) is 21.0. The summed E-state index contributed by atoms with van der Waals surface area (Å²) in [5.41, 5.74) is 31.2. The van der Waals surface area contributed by atoms with Crippen molar-refractivity contribution >= 4 is 109 Å². The van der Waals surface area contributed by atoms with E-state index in [1.807, 2.05) is 85.1 Å². The van der Waals surface area contributed by atoms with Gasteiger partial charge in [-0.25, -0.2) is 39.9 Å². The molecule has 27 rings (SSSR count). The molecule has 0 radical (unpaired) electrons. The average Bonchev–Trinajstić information content (AvgIpc) is 1.61. The maximum Gasteiger partial charge on any atom is 0.145 e. The third-order valence-electron chi connectivity index (χ3n) is 26.3. The van der Waals surface area contributed by atoms with Crippen LogP contribution in [0.25, 0.3) is 250 Å². The molecule has 139 heavy (non-hydrogen) atoms. The van der Waals surface area contributed by atoms with Crippen LogP contribution in [0.15, 0.2) is 498 Å². The molecule has 9 aromatic heterocycles. The Hall–Kier alpha value is -18.9. The molecule has 0 atom stereocenters. The van der Waals surface area contributed by atoms with Crippen LogP contribution in [0.3, 0.4) is 0 Å². The summed E-state index contributed by atoms with van der Waals surface area (Å²) in [4.78, 5) is 46.7. The quantitative estimate of drug-likeness (QED) is 0.0977. The summed E-state index contributed by atoms with van der Waals surface area (Å²) in [6.45, 7) is 0. The second kappa shape index (κ2) is 35.6. The van der Waals surface area contributed by atoms with Crippen LogP contribution in [0.4, 0.5) is 0 Å². The molecule has 0 saturated carbocycles. The summed E-state index contributed by atoms with van der Waals surface area (Å²) in [5.74, 6) is 2.71. The molecule has 0 unspecified atom stereocenters. The fourth-order valence-electron chi connectivity index (χ4n) is 19.6. The van der Waals surface area contributed by atoms with Crippen molar-refractivity contribution in [3.63, 3.8) is 0 Å². The number of nitrogens with zero attached hydrogens (tertiary/aromatic N) is 12. The van der Waals surface area contributed by atoms with Crippen LogP contribution in [0.2, 0.25) is 0 Å². The summed E-state index contributed by atoms with van der Waals surface area (Å²) >= 11 is 0. The number of imidazole rings is 3. The van der Waals surface area contributed by atoms with Crippen molar-refractivity contribution in [2.45, 2.75) is 0 Å². The summed E-state index contributed by atoms with van der Waals surface area (Å²) in [5, 5.41) is 12.3. The number of rotatable bonds is 14. The van der Waals surface area contributed by atoms with Gasteiger partial charge >= 0.3 is 0 Å². The Bertz CT molecular complexity index is 9310. The van der Waals surface area contributed by atoms with Gasteiger partial charge < -0.3 is 0 Å². The lowest BCUT2D eigenvalue weighted by molar-refractivity contribution is 1.10. The first-order valence-electron chi connectivity index (χ1n) is 46.7. The van der Waals surface area contributed by atoms with Gasteiger partial charge in [0.25, 0.3) is 0 Å². The monoisotopic (exact) mass is 1770 g/mol. The maximum absolute atomic E-state index is 5.42. The topological polar surface area (TPSA) is 131 Å². The molecule has 0 bridgehead atoms. The fraction of sp³-hybridized carbons (Fsp3) is 0. The van der Waals surface area contributed by atoms with Crippen molar-refractivity contribution in [1.82, 2.24) is 58.6 Å². The number of hydrogen-bond acceptors (Lipinski definition) is 9. The van der Waals surface area contributed by atoms with Gasteiger partial charge in [0.05, 0.1) is 95.2 Å². The molecule has 0 aliphatic heterocycles. The summed E-state index contributed by atoms with van der Waals surface area (Å²) in [6, 6.07) is 171. The highest BCUT2D eigenvalue weighted by Gasteiger charge is 2.27. The zero-order chi connectivity index (χ0) is 92.1. The van der Waals surface area contributed by atoms with Crippen molar-refractivity contribution in [2.24, 2.45) is 0 Å². The van der Waals surface area contributed by atoms with E-state index < -0.39 is 0 Å². The van der Waals surface area contributed by atoms with Gasteiger partial charge in [-0.1, -0.05) is 376 Å². The molecule has 12 nitrogen and oxygen atoms in total. The van der Waals surface area contributed by atoms with Gasteiger partial charge in [0.1, 0.15) is 17.5 Å². The first-order chi connectivity index (χ1) is 68.9. The van der Waals surface area contributed by atoms with E-state index in [9.17, 15) is 0 Å². The number of hydrogen-bond donors (Lipinski definition) is 0. The van der Waals surface area contributed by atoms with Crippen LogP contribution in [-0.4, -0.2) is 58.6 Å². The fourth-order valence-corrected chi connectivity index (χ4v) is 19.6. The van der Waals surface area contributed by atoms with Crippen molar-refractivity contribution < 1.29 is 0 Å². The SMILES string of the molecule is c1ccc(-c2cccc(-c3ccc(-c4nc5ccccc5c5ccc6c(nc(-c7ccccc7)n6-c6ccccc6)c45)cc3)n2)cc1.c1ccc(-c2nc3c4c(-c5ccc(-c6cccc(-c7ccc8ccccc8c7)n6)cc5)nc5ccccc5c4ccc3n2-c2ccccc2)cc1.c1ccc(-c2nc3c4c(-c5ccc(-c6ccccn6)cc5)nc5ccccc5c4ccc3n2-c2ccccc2)cc1. The largest absolute Gasteiger partial charge is 0.292 e. The molecule has 0 fully saturated rings. The Morgan fingerprint density at radius 1 is 0.158 bits per heavy atom. The normalized spacial score (nSPS) is 11.5. The van der Waals surface area contributed by atoms with Crippen LogP contribution >= 0.6 is 0 Å². The number of fused-ring (bicyclic) bond motifs is 16. The third kappa shape index (κ3) is 15.3. The molecule has 12 heteroatoms. The van der Waals surface area contributed by atoms with Gasteiger partial charge in [0.2, 0.25) is 0 Å². The minimum absolute atomic E-state index is 0.899. The van der Waals surface area contributed by atoms with Crippen LogP contribution < -0.4 is 0 Å². The smallest absolute Gasteiger partial charge is 0.145 e. The standard InChI is InChI=1S/C47H30N4.C43H28N4.C37H24N4/c1-3-13-34(14-4-1)47-50-46-43(51(47)37-16-5-2-6-17-37)29-28-39-38-18-9-10-19-42(38)49-45(44(39)46)33-25-23-32(24-26-33)40-20-11-21-41(48-40)36-27-22-31-12-7-8-15-35(31)30-36;1-4-13-29(14-5-1)36-21-12-22-37(44-36)30-23-25-31(26-24-30)41-40-35(34-19-10-11-20-38(34)45-41)27-28-39-42(40)46-43(32-15-6-2-7-16-32)47(39)33-17-8-3-9-18-33;1-3-11-27(12-4-1)37-40-36-33(41(37)28-13-5-2-6-14-28)23-22-30-29-15-7-8-17-32(29)39-35(34(30)36)26-20-18-25(19-21-26)31-16-9-10-24-38-31/h1-30H;1-28H;1-24H. The second-order valence-electron chi connectivity index (χ2n) is 34.6. The number of benzene rings is 18. The molecule has 0 aliphatic rings. The zero-order valence-electron chi connectivity index (χ0n) is 75.2. The van der Waals surface area contributed by atoms with Gasteiger partial charge in [0.15, 0.2) is 0 Å². The van der Waals surface area contributed by atoms with E-state index in [0.717, 1.165) is 239 Å². The highest BCUT2D eigenvalue weighted by Crippen LogP contribution is 2.46.